The Labute approximate surface area is 85.4 Å². The molecule has 0 aromatic heterocycles. The van der Waals surface area contributed by atoms with Gasteiger partial charge in [0.25, 0.3) is 0 Å². The number of nitrogens with one attached hydrogen (secondary N) is 2. The van der Waals surface area contributed by atoms with Crippen LogP contribution in [0, 0.1) is 0 Å². The van der Waals surface area contributed by atoms with E-state index in [0.29, 0.717) is 13.2 Å². The number of carbonyl (C=O) groups excluding carboxylic acids is 1. The molecule has 1 aliphatic rings. The molecule has 0 spiro atoms. The summed E-state index contributed by atoms with van der Waals surface area (Å²) in [4.78, 5) is 11.4. The molecule has 0 aliphatic carbocycles. The van der Waals surface area contributed by atoms with E-state index in [4.69, 9.17) is 4.74 Å². The summed E-state index contributed by atoms with van der Waals surface area (Å²) in [5.41, 5.74) is 0. The summed E-state index contributed by atoms with van der Waals surface area (Å²) in [6.45, 7) is 5.15. The zero-order valence-corrected chi connectivity index (χ0v) is 8.84. The number of unbranched alkanes of at least 4 members (excludes halogenated alkanes) is 2. The zero-order chi connectivity index (χ0) is 10.2. The van der Waals surface area contributed by atoms with Crippen molar-refractivity contribution in [2.45, 2.75) is 32.2 Å². The van der Waals surface area contributed by atoms with Crippen LogP contribution in [0.5, 0.6) is 0 Å². The van der Waals surface area contributed by atoms with Crippen molar-refractivity contribution in [3.8, 4) is 0 Å². The standard InChI is InChI=1S/C10H20N2O2/c1-2-3-4-7-14-10(13)9-8-11-5-6-12-9/h9,11-12H,2-8H2,1H3. The lowest BCUT2D eigenvalue weighted by Crippen LogP contribution is -2.52. The maximum atomic E-state index is 11.4. The van der Waals surface area contributed by atoms with Crippen LogP contribution < -0.4 is 10.6 Å². The zero-order valence-electron chi connectivity index (χ0n) is 8.84. The summed E-state index contributed by atoms with van der Waals surface area (Å²) in [6.07, 6.45) is 3.26. The van der Waals surface area contributed by atoms with Gasteiger partial charge in [0.2, 0.25) is 0 Å². The van der Waals surface area contributed by atoms with E-state index in [1.807, 2.05) is 0 Å². The molecule has 14 heavy (non-hydrogen) atoms. The Balaban J connectivity index is 2.07. The number of hydrogen-bond donors (Lipinski definition) is 2. The second-order valence-corrected chi connectivity index (χ2v) is 3.59. The Morgan fingerprint density at radius 1 is 1.43 bits per heavy atom. The van der Waals surface area contributed by atoms with E-state index < -0.39 is 0 Å². The van der Waals surface area contributed by atoms with Gasteiger partial charge in [0.05, 0.1) is 6.61 Å². The van der Waals surface area contributed by atoms with Gasteiger partial charge in [-0.2, -0.15) is 0 Å². The monoisotopic (exact) mass is 200 g/mol. The third-order valence-electron chi connectivity index (χ3n) is 2.32. The molecule has 0 saturated carbocycles. The van der Waals surface area contributed by atoms with Gasteiger partial charge in [0.15, 0.2) is 0 Å². The van der Waals surface area contributed by atoms with E-state index >= 15 is 0 Å². The highest BCUT2D eigenvalue weighted by Gasteiger charge is 2.21. The van der Waals surface area contributed by atoms with Crippen LogP contribution in [-0.2, 0) is 9.53 Å². The first-order valence-corrected chi connectivity index (χ1v) is 5.45. The fourth-order valence-electron chi connectivity index (χ4n) is 1.45. The molecule has 0 bridgehead atoms. The normalized spacial score (nSPS) is 21.9. The lowest BCUT2D eigenvalue weighted by Gasteiger charge is -2.22. The van der Waals surface area contributed by atoms with E-state index in [1.165, 1.54) is 0 Å². The average molecular weight is 200 g/mol. The SMILES string of the molecule is CCCCCOC(=O)C1CNCCN1. The van der Waals surface area contributed by atoms with Crippen LogP contribution in [0.25, 0.3) is 0 Å². The third kappa shape index (κ3) is 4.07. The average Bonchev–Trinajstić information content (AvgIpc) is 2.25. The molecule has 4 heteroatoms. The summed E-state index contributed by atoms with van der Waals surface area (Å²) >= 11 is 0. The van der Waals surface area contributed by atoms with E-state index in [-0.39, 0.29) is 12.0 Å². The van der Waals surface area contributed by atoms with Crippen molar-refractivity contribution in [3.05, 3.63) is 0 Å². The Bertz CT molecular complexity index is 168. The van der Waals surface area contributed by atoms with E-state index in [0.717, 1.165) is 32.4 Å². The van der Waals surface area contributed by atoms with Crippen molar-refractivity contribution >= 4 is 5.97 Å². The van der Waals surface area contributed by atoms with Crippen molar-refractivity contribution in [3.63, 3.8) is 0 Å². The number of hydrogen-bond acceptors (Lipinski definition) is 4. The first-order valence-electron chi connectivity index (χ1n) is 5.45. The number of carbonyl (C=O) groups is 1. The molecule has 4 nitrogen and oxygen atoms in total. The van der Waals surface area contributed by atoms with Crippen LogP contribution in [0.2, 0.25) is 0 Å². The Kier molecular flexibility index (Phi) is 5.56. The summed E-state index contributed by atoms with van der Waals surface area (Å²) in [5, 5.41) is 6.28. The summed E-state index contributed by atoms with van der Waals surface area (Å²) < 4.78 is 5.14. The fourth-order valence-corrected chi connectivity index (χ4v) is 1.45. The minimum atomic E-state index is -0.148. The third-order valence-corrected chi connectivity index (χ3v) is 2.32. The van der Waals surface area contributed by atoms with Crippen LogP contribution in [0.3, 0.4) is 0 Å². The minimum absolute atomic E-state index is 0.117. The Hall–Kier alpha value is -0.610. The van der Waals surface area contributed by atoms with E-state index in [9.17, 15) is 4.79 Å². The van der Waals surface area contributed by atoms with Crippen LogP contribution in [-0.4, -0.2) is 38.3 Å². The predicted molar refractivity (Wildman–Crippen MR) is 55.1 cm³/mol. The molecule has 0 aromatic carbocycles. The van der Waals surface area contributed by atoms with Gasteiger partial charge in [0.1, 0.15) is 6.04 Å². The van der Waals surface area contributed by atoms with Gasteiger partial charge in [-0.1, -0.05) is 19.8 Å². The second-order valence-electron chi connectivity index (χ2n) is 3.59. The maximum absolute atomic E-state index is 11.4. The largest absolute Gasteiger partial charge is 0.464 e. The molecule has 1 heterocycles. The Morgan fingerprint density at radius 3 is 2.93 bits per heavy atom. The smallest absolute Gasteiger partial charge is 0.324 e. The van der Waals surface area contributed by atoms with Crippen molar-refractivity contribution < 1.29 is 9.53 Å². The number of piperazine rings is 1. The number of esters is 1. The summed E-state index contributed by atoms with van der Waals surface area (Å²) in [6, 6.07) is -0.148. The highest BCUT2D eigenvalue weighted by Crippen LogP contribution is 1.97. The van der Waals surface area contributed by atoms with Gasteiger partial charge >= 0.3 is 5.97 Å². The van der Waals surface area contributed by atoms with Crippen molar-refractivity contribution in [1.29, 1.82) is 0 Å². The Morgan fingerprint density at radius 2 is 2.29 bits per heavy atom. The van der Waals surface area contributed by atoms with Crippen LogP contribution in [0.4, 0.5) is 0 Å². The van der Waals surface area contributed by atoms with Crippen LogP contribution >= 0.6 is 0 Å². The van der Waals surface area contributed by atoms with Crippen molar-refractivity contribution in [1.82, 2.24) is 10.6 Å². The highest BCUT2D eigenvalue weighted by atomic mass is 16.5. The lowest BCUT2D eigenvalue weighted by atomic mass is 10.2. The van der Waals surface area contributed by atoms with Gasteiger partial charge < -0.3 is 15.4 Å². The molecule has 1 atom stereocenters. The summed E-state index contributed by atoms with van der Waals surface area (Å²) in [7, 11) is 0. The molecule has 1 unspecified atom stereocenters. The summed E-state index contributed by atoms with van der Waals surface area (Å²) in [5.74, 6) is -0.117. The highest BCUT2D eigenvalue weighted by molar-refractivity contribution is 5.76. The van der Waals surface area contributed by atoms with Crippen molar-refractivity contribution in [2.24, 2.45) is 0 Å². The molecule has 1 saturated heterocycles. The van der Waals surface area contributed by atoms with Gasteiger partial charge in [-0.05, 0) is 6.42 Å². The predicted octanol–water partition coefficient (Wildman–Crippen LogP) is 0.281. The topological polar surface area (TPSA) is 50.4 Å². The molecular formula is C10H20N2O2. The maximum Gasteiger partial charge on any atom is 0.324 e. The second kappa shape index (κ2) is 6.79. The van der Waals surface area contributed by atoms with Crippen molar-refractivity contribution in [2.75, 3.05) is 26.2 Å². The first-order chi connectivity index (χ1) is 6.84. The number of rotatable bonds is 5. The minimum Gasteiger partial charge on any atom is -0.464 e. The van der Waals surface area contributed by atoms with Gasteiger partial charge in [-0.15, -0.1) is 0 Å². The molecule has 0 amide bonds. The molecule has 1 fully saturated rings. The number of ether oxygens (including phenoxy) is 1. The van der Waals surface area contributed by atoms with Crippen LogP contribution in [0.15, 0.2) is 0 Å². The molecular weight excluding hydrogens is 180 g/mol. The van der Waals surface area contributed by atoms with Gasteiger partial charge in [0, 0.05) is 19.6 Å². The molecule has 1 rings (SSSR count). The van der Waals surface area contributed by atoms with Gasteiger partial charge in [-0.3, -0.25) is 4.79 Å². The lowest BCUT2D eigenvalue weighted by molar-refractivity contribution is -0.146. The van der Waals surface area contributed by atoms with Crippen LogP contribution in [0.1, 0.15) is 26.2 Å². The molecule has 82 valence electrons. The van der Waals surface area contributed by atoms with E-state index in [1.54, 1.807) is 0 Å². The molecule has 0 aromatic rings. The van der Waals surface area contributed by atoms with Gasteiger partial charge in [-0.25, -0.2) is 0 Å². The quantitative estimate of drug-likeness (QED) is 0.494. The van der Waals surface area contributed by atoms with E-state index in [2.05, 4.69) is 17.6 Å². The molecule has 1 aliphatic heterocycles. The first kappa shape index (κ1) is 11.5. The molecule has 2 N–H and O–H groups in total. The fraction of sp³-hybridized carbons (Fsp3) is 0.900. The molecule has 0 radical (unpaired) electrons.